The Morgan fingerprint density at radius 1 is 1.06 bits per heavy atom. The van der Waals surface area contributed by atoms with Gasteiger partial charge < -0.3 is 10.2 Å². The van der Waals surface area contributed by atoms with Gasteiger partial charge in [-0.25, -0.2) is 0 Å². The minimum Gasteiger partial charge on any atom is -0.339 e. The zero-order valence-corrected chi connectivity index (χ0v) is 19.0. The van der Waals surface area contributed by atoms with Crippen molar-refractivity contribution >= 4 is 17.5 Å². The Morgan fingerprint density at radius 3 is 2.39 bits per heavy atom. The lowest BCUT2D eigenvalue weighted by atomic mass is 9.94. The van der Waals surface area contributed by atoms with Crippen LogP contribution < -0.4 is 5.32 Å². The lowest BCUT2D eigenvalue weighted by Gasteiger charge is -2.35. The molecule has 5 nitrogen and oxygen atoms in total. The Labute approximate surface area is 192 Å². The maximum Gasteiger partial charge on any atom is 0.416 e. The van der Waals surface area contributed by atoms with E-state index in [2.05, 4.69) is 5.32 Å². The number of alkyl halides is 3. The number of hydrogen-bond donors (Lipinski definition) is 1. The summed E-state index contributed by atoms with van der Waals surface area (Å²) in [6, 6.07) is 12.0. The van der Waals surface area contributed by atoms with Gasteiger partial charge >= 0.3 is 6.18 Å². The third kappa shape index (κ3) is 6.35. The molecule has 1 heterocycles. The van der Waals surface area contributed by atoms with Crippen molar-refractivity contribution in [1.82, 2.24) is 9.80 Å². The van der Waals surface area contributed by atoms with E-state index in [4.69, 9.17) is 0 Å². The fourth-order valence-electron chi connectivity index (χ4n) is 4.26. The average Bonchev–Trinajstić information content (AvgIpc) is 2.80. The standard InChI is InChI=1S/C25H30F3N3O2/c1-3-30(4-2)24(33)19-8-7-9-21(16-19)29-23(32)17-31-15-6-5-10-22(31)18-11-13-20(14-12-18)25(26,27)28/h7-9,11-14,16,22H,3-6,10,15,17H2,1-2H3,(H,29,32). The molecule has 1 unspecified atom stereocenters. The Morgan fingerprint density at radius 2 is 1.76 bits per heavy atom. The summed E-state index contributed by atoms with van der Waals surface area (Å²) in [6.45, 7) is 5.86. The van der Waals surface area contributed by atoms with Gasteiger partial charge in [0.15, 0.2) is 0 Å². The first kappa shape index (κ1) is 24.8. The molecule has 0 spiro atoms. The van der Waals surface area contributed by atoms with Gasteiger partial charge in [-0.15, -0.1) is 0 Å². The molecule has 1 aliphatic heterocycles. The van der Waals surface area contributed by atoms with Crippen LogP contribution in [0.2, 0.25) is 0 Å². The van der Waals surface area contributed by atoms with Crippen molar-refractivity contribution in [2.45, 2.75) is 45.3 Å². The molecule has 1 fully saturated rings. The topological polar surface area (TPSA) is 52.7 Å². The van der Waals surface area contributed by atoms with Crippen molar-refractivity contribution in [2.75, 3.05) is 31.5 Å². The van der Waals surface area contributed by atoms with Crippen LogP contribution in [-0.2, 0) is 11.0 Å². The number of amides is 2. The van der Waals surface area contributed by atoms with Crippen LogP contribution in [0.1, 0.15) is 60.6 Å². The number of anilines is 1. The molecule has 3 rings (SSSR count). The fraction of sp³-hybridized carbons (Fsp3) is 0.440. The highest BCUT2D eigenvalue weighted by Gasteiger charge is 2.31. The van der Waals surface area contributed by atoms with E-state index < -0.39 is 11.7 Å². The van der Waals surface area contributed by atoms with Gasteiger partial charge in [-0.3, -0.25) is 14.5 Å². The van der Waals surface area contributed by atoms with E-state index in [0.717, 1.165) is 37.0 Å². The van der Waals surface area contributed by atoms with Gasteiger partial charge in [0, 0.05) is 30.4 Å². The molecule has 1 N–H and O–H groups in total. The van der Waals surface area contributed by atoms with E-state index in [9.17, 15) is 22.8 Å². The maximum atomic E-state index is 12.9. The number of halogens is 3. The number of carbonyl (C=O) groups is 2. The molecule has 0 aromatic heterocycles. The van der Waals surface area contributed by atoms with Gasteiger partial charge in [0.25, 0.3) is 5.91 Å². The fourth-order valence-corrected chi connectivity index (χ4v) is 4.26. The molecule has 33 heavy (non-hydrogen) atoms. The zero-order valence-electron chi connectivity index (χ0n) is 19.0. The lowest BCUT2D eigenvalue weighted by molar-refractivity contribution is -0.137. The van der Waals surface area contributed by atoms with Crippen molar-refractivity contribution in [1.29, 1.82) is 0 Å². The van der Waals surface area contributed by atoms with Crippen LogP contribution in [0.25, 0.3) is 0 Å². The second-order valence-electron chi connectivity index (χ2n) is 8.21. The highest BCUT2D eigenvalue weighted by molar-refractivity contribution is 5.97. The molecule has 0 saturated carbocycles. The van der Waals surface area contributed by atoms with Crippen molar-refractivity contribution in [3.63, 3.8) is 0 Å². The summed E-state index contributed by atoms with van der Waals surface area (Å²) in [6.07, 6.45) is -1.70. The molecule has 1 saturated heterocycles. The number of nitrogens with zero attached hydrogens (tertiary/aromatic N) is 2. The molecule has 1 aliphatic rings. The van der Waals surface area contributed by atoms with E-state index in [1.54, 1.807) is 29.2 Å². The molecule has 1 atom stereocenters. The zero-order chi connectivity index (χ0) is 24.0. The molecule has 2 aromatic rings. The Kier molecular flexibility index (Phi) is 8.13. The summed E-state index contributed by atoms with van der Waals surface area (Å²) in [4.78, 5) is 29.1. The molecule has 8 heteroatoms. The summed E-state index contributed by atoms with van der Waals surface area (Å²) < 4.78 is 38.7. The third-order valence-corrected chi connectivity index (χ3v) is 6.03. The van der Waals surface area contributed by atoms with Crippen molar-refractivity contribution in [3.8, 4) is 0 Å². The summed E-state index contributed by atoms with van der Waals surface area (Å²) in [5.74, 6) is -0.309. The third-order valence-electron chi connectivity index (χ3n) is 6.03. The second-order valence-corrected chi connectivity index (χ2v) is 8.21. The van der Waals surface area contributed by atoms with Crippen LogP contribution in [0, 0.1) is 0 Å². The number of hydrogen-bond acceptors (Lipinski definition) is 3. The first-order valence-corrected chi connectivity index (χ1v) is 11.3. The number of benzene rings is 2. The van der Waals surface area contributed by atoms with Crippen LogP contribution >= 0.6 is 0 Å². The monoisotopic (exact) mass is 461 g/mol. The van der Waals surface area contributed by atoms with Crippen molar-refractivity contribution < 1.29 is 22.8 Å². The largest absolute Gasteiger partial charge is 0.416 e. The van der Waals surface area contributed by atoms with Gasteiger partial charge in [-0.05, 0) is 69.1 Å². The summed E-state index contributed by atoms with van der Waals surface area (Å²) in [5.41, 5.74) is 1.16. The van der Waals surface area contributed by atoms with Crippen LogP contribution in [0.4, 0.5) is 18.9 Å². The Hall–Kier alpha value is -2.87. The highest BCUT2D eigenvalue weighted by Crippen LogP contribution is 2.34. The molecule has 2 amide bonds. The smallest absolute Gasteiger partial charge is 0.339 e. The van der Waals surface area contributed by atoms with Gasteiger partial charge in [0.1, 0.15) is 0 Å². The average molecular weight is 462 g/mol. The van der Waals surface area contributed by atoms with Crippen LogP contribution in [0.5, 0.6) is 0 Å². The number of carbonyl (C=O) groups excluding carboxylic acids is 2. The summed E-state index contributed by atoms with van der Waals surface area (Å²) in [7, 11) is 0. The molecular formula is C25H30F3N3O2. The molecular weight excluding hydrogens is 431 g/mol. The molecule has 2 aromatic carbocycles. The summed E-state index contributed by atoms with van der Waals surface area (Å²) in [5, 5.41) is 2.86. The van der Waals surface area contributed by atoms with Gasteiger partial charge in [0.05, 0.1) is 12.1 Å². The van der Waals surface area contributed by atoms with E-state index in [0.29, 0.717) is 30.9 Å². The molecule has 0 radical (unpaired) electrons. The van der Waals surface area contributed by atoms with E-state index in [-0.39, 0.29) is 24.4 Å². The molecule has 0 bridgehead atoms. The molecule has 178 valence electrons. The van der Waals surface area contributed by atoms with Crippen LogP contribution in [-0.4, -0.2) is 47.8 Å². The predicted molar refractivity (Wildman–Crippen MR) is 122 cm³/mol. The normalized spacial score (nSPS) is 16.9. The minimum absolute atomic E-state index is 0.0884. The minimum atomic E-state index is -4.37. The Balaban J connectivity index is 1.67. The summed E-state index contributed by atoms with van der Waals surface area (Å²) >= 11 is 0. The first-order chi connectivity index (χ1) is 15.7. The van der Waals surface area contributed by atoms with E-state index in [1.807, 2.05) is 18.7 Å². The highest BCUT2D eigenvalue weighted by atomic mass is 19.4. The number of likely N-dealkylation sites (tertiary alicyclic amines) is 1. The van der Waals surface area contributed by atoms with Gasteiger partial charge in [-0.1, -0.05) is 24.6 Å². The van der Waals surface area contributed by atoms with E-state index >= 15 is 0 Å². The lowest BCUT2D eigenvalue weighted by Crippen LogP contribution is -2.39. The van der Waals surface area contributed by atoms with Crippen molar-refractivity contribution in [2.24, 2.45) is 0 Å². The second kappa shape index (κ2) is 10.8. The number of piperidine rings is 1. The van der Waals surface area contributed by atoms with Gasteiger partial charge in [-0.2, -0.15) is 13.2 Å². The first-order valence-electron chi connectivity index (χ1n) is 11.3. The van der Waals surface area contributed by atoms with Gasteiger partial charge in [0.2, 0.25) is 5.91 Å². The van der Waals surface area contributed by atoms with Crippen LogP contribution in [0.15, 0.2) is 48.5 Å². The number of rotatable bonds is 7. The van der Waals surface area contributed by atoms with Crippen molar-refractivity contribution in [3.05, 3.63) is 65.2 Å². The Bertz CT molecular complexity index is 956. The maximum absolute atomic E-state index is 12.9. The quantitative estimate of drug-likeness (QED) is 0.605. The predicted octanol–water partition coefficient (Wildman–Crippen LogP) is 5.35. The molecule has 0 aliphatic carbocycles. The van der Waals surface area contributed by atoms with Crippen LogP contribution in [0.3, 0.4) is 0 Å². The SMILES string of the molecule is CCN(CC)C(=O)c1cccc(NC(=O)CN2CCCCC2c2ccc(C(F)(F)F)cc2)c1. The van der Waals surface area contributed by atoms with E-state index in [1.165, 1.54) is 12.1 Å². The number of nitrogens with one attached hydrogen (secondary N) is 1.